The number of nitrogens with zero attached hydrogens (tertiary/aromatic N) is 1. The Morgan fingerprint density at radius 3 is 2.03 bits per heavy atom. The van der Waals surface area contributed by atoms with Crippen LogP contribution in [0, 0.1) is 6.92 Å². The zero-order chi connectivity index (χ0) is 20.4. The monoisotopic (exact) mass is 387 g/mol. The lowest BCUT2D eigenvalue weighted by atomic mass is 10.1. The van der Waals surface area contributed by atoms with Crippen molar-refractivity contribution < 1.29 is 23.9 Å². The van der Waals surface area contributed by atoms with Crippen LogP contribution in [0.3, 0.4) is 0 Å². The number of rotatable bonds is 5. The summed E-state index contributed by atoms with van der Waals surface area (Å²) in [4.78, 5) is 38.2. The van der Waals surface area contributed by atoms with Gasteiger partial charge in [-0.2, -0.15) is 0 Å². The van der Waals surface area contributed by atoms with Crippen LogP contribution < -0.4 is 14.4 Å². The summed E-state index contributed by atoms with van der Waals surface area (Å²) >= 11 is 0. The molecule has 3 aromatic rings. The molecule has 0 bridgehead atoms. The second kappa shape index (κ2) is 7.59. The summed E-state index contributed by atoms with van der Waals surface area (Å²) in [5, 5.41) is 0. The summed E-state index contributed by atoms with van der Waals surface area (Å²) in [5.41, 5.74) is 2.08. The minimum atomic E-state index is -0.554. The van der Waals surface area contributed by atoms with Crippen molar-refractivity contribution in [2.45, 2.75) is 6.92 Å². The highest BCUT2D eigenvalue weighted by atomic mass is 16.6. The van der Waals surface area contributed by atoms with Crippen LogP contribution in [-0.2, 0) is 4.79 Å². The number of fused-ring (bicyclic) bond motifs is 1. The summed E-state index contributed by atoms with van der Waals surface area (Å²) in [5.74, 6) is -0.389. The van der Waals surface area contributed by atoms with Gasteiger partial charge in [0.05, 0.1) is 16.8 Å². The van der Waals surface area contributed by atoms with Gasteiger partial charge in [0.15, 0.2) is 6.61 Å². The van der Waals surface area contributed by atoms with Crippen LogP contribution in [-0.4, -0.2) is 24.4 Å². The summed E-state index contributed by atoms with van der Waals surface area (Å²) < 4.78 is 10.7. The number of ether oxygens (including phenoxy) is 2. The third-order valence-electron chi connectivity index (χ3n) is 4.56. The molecule has 144 valence electrons. The van der Waals surface area contributed by atoms with Crippen molar-refractivity contribution in [3.8, 4) is 11.5 Å². The fourth-order valence-electron chi connectivity index (χ4n) is 3.10. The average molecular weight is 387 g/mol. The van der Waals surface area contributed by atoms with Gasteiger partial charge in [-0.05, 0) is 55.0 Å². The average Bonchev–Trinajstić information content (AvgIpc) is 2.99. The number of imide groups is 1. The number of aryl methyl sites for hydroxylation is 1. The molecule has 29 heavy (non-hydrogen) atoms. The smallest absolute Gasteiger partial charge is 0.349 e. The van der Waals surface area contributed by atoms with Gasteiger partial charge in [0.2, 0.25) is 0 Å². The fraction of sp³-hybridized carbons (Fsp3) is 0.0870. The minimum absolute atomic E-state index is 0.231. The van der Waals surface area contributed by atoms with Gasteiger partial charge in [-0.25, -0.2) is 9.69 Å². The first-order valence-electron chi connectivity index (χ1n) is 9.01. The zero-order valence-electron chi connectivity index (χ0n) is 15.6. The number of hydrogen-bond donors (Lipinski definition) is 0. The van der Waals surface area contributed by atoms with E-state index in [9.17, 15) is 14.4 Å². The van der Waals surface area contributed by atoms with Crippen molar-refractivity contribution in [1.82, 2.24) is 0 Å². The first-order valence-corrected chi connectivity index (χ1v) is 9.01. The first-order chi connectivity index (χ1) is 14.0. The quantitative estimate of drug-likeness (QED) is 0.378. The van der Waals surface area contributed by atoms with Crippen molar-refractivity contribution in [1.29, 1.82) is 0 Å². The van der Waals surface area contributed by atoms with E-state index in [2.05, 4.69) is 0 Å². The first kappa shape index (κ1) is 18.4. The fourth-order valence-corrected chi connectivity index (χ4v) is 3.10. The number of carbonyl (C=O) groups is 3. The molecule has 1 heterocycles. The standard InChI is InChI=1S/C23H17NO5/c1-15-6-2-5-9-20(15)28-14-21(25)29-17-12-10-16(11-13-17)24-22(26)18-7-3-4-8-19(18)23(24)27/h2-13H,14H2,1H3. The maximum Gasteiger partial charge on any atom is 0.349 e. The van der Waals surface area contributed by atoms with Crippen molar-refractivity contribution in [3.63, 3.8) is 0 Å². The molecule has 0 aromatic heterocycles. The molecule has 0 unspecified atom stereocenters. The molecule has 3 aromatic carbocycles. The Bertz CT molecular complexity index is 1070. The van der Waals surface area contributed by atoms with E-state index < -0.39 is 5.97 Å². The molecule has 0 atom stereocenters. The van der Waals surface area contributed by atoms with E-state index in [0.717, 1.165) is 10.5 Å². The Balaban J connectivity index is 1.41. The maximum atomic E-state index is 12.5. The largest absolute Gasteiger partial charge is 0.482 e. The number of esters is 1. The molecule has 1 aliphatic rings. The highest BCUT2D eigenvalue weighted by Crippen LogP contribution is 2.29. The van der Waals surface area contributed by atoms with E-state index in [1.165, 1.54) is 12.1 Å². The van der Waals surface area contributed by atoms with E-state index in [0.29, 0.717) is 28.3 Å². The number of carbonyl (C=O) groups excluding carboxylic acids is 3. The molecule has 6 heteroatoms. The second-order valence-corrected chi connectivity index (χ2v) is 6.51. The Kier molecular flexibility index (Phi) is 4.83. The van der Waals surface area contributed by atoms with Crippen molar-refractivity contribution in [2.24, 2.45) is 0 Å². The lowest BCUT2D eigenvalue weighted by Crippen LogP contribution is -2.29. The molecular formula is C23H17NO5. The molecule has 2 amide bonds. The Hall–Kier alpha value is -3.93. The summed E-state index contributed by atoms with van der Waals surface area (Å²) in [7, 11) is 0. The van der Waals surface area contributed by atoms with Crippen molar-refractivity contribution >= 4 is 23.5 Å². The number of benzene rings is 3. The van der Waals surface area contributed by atoms with E-state index in [-0.39, 0.29) is 18.4 Å². The second-order valence-electron chi connectivity index (χ2n) is 6.51. The third-order valence-corrected chi connectivity index (χ3v) is 4.56. The van der Waals surface area contributed by atoms with Crippen LogP contribution >= 0.6 is 0 Å². The van der Waals surface area contributed by atoms with Crippen molar-refractivity contribution in [3.05, 3.63) is 89.5 Å². The molecular weight excluding hydrogens is 370 g/mol. The lowest BCUT2D eigenvalue weighted by Gasteiger charge is -2.14. The Morgan fingerprint density at radius 2 is 1.41 bits per heavy atom. The molecule has 0 radical (unpaired) electrons. The zero-order valence-corrected chi connectivity index (χ0v) is 15.6. The predicted octanol–water partition coefficient (Wildman–Crippen LogP) is 3.78. The van der Waals surface area contributed by atoms with Crippen LogP contribution in [0.1, 0.15) is 26.3 Å². The summed E-state index contributed by atoms with van der Waals surface area (Å²) in [6.45, 7) is 1.66. The van der Waals surface area contributed by atoms with Gasteiger partial charge in [-0.3, -0.25) is 9.59 Å². The molecule has 0 saturated carbocycles. The van der Waals surface area contributed by atoms with Gasteiger partial charge in [0.25, 0.3) is 11.8 Å². The Labute approximate surface area is 167 Å². The number of hydrogen-bond acceptors (Lipinski definition) is 5. The number of anilines is 1. The lowest BCUT2D eigenvalue weighted by molar-refractivity contribution is -0.136. The normalized spacial score (nSPS) is 12.7. The Morgan fingerprint density at radius 1 is 0.828 bits per heavy atom. The highest BCUT2D eigenvalue weighted by Gasteiger charge is 2.36. The van der Waals surface area contributed by atoms with Crippen LogP contribution in [0.4, 0.5) is 5.69 Å². The minimum Gasteiger partial charge on any atom is -0.482 e. The van der Waals surface area contributed by atoms with Crippen LogP contribution in [0.15, 0.2) is 72.8 Å². The molecule has 6 nitrogen and oxygen atoms in total. The molecule has 0 aliphatic carbocycles. The topological polar surface area (TPSA) is 72.9 Å². The maximum absolute atomic E-state index is 12.5. The molecule has 0 spiro atoms. The van der Waals surface area contributed by atoms with E-state index in [1.807, 2.05) is 25.1 Å². The van der Waals surface area contributed by atoms with Gasteiger partial charge in [-0.1, -0.05) is 30.3 Å². The third kappa shape index (κ3) is 3.60. The number of amides is 2. The predicted molar refractivity (Wildman–Crippen MR) is 106 cm³/mol. The summed E-state index contributed by atoms with van der Waals surface area (Å²) in [6.07, 6.45) is 0. The van der Waals surface area contributed by atoms with Gasteiger partial charge in [0, 0.05) is 0 Å². The highest BCUT2D eigenvalue weighted by molar-refractivity contribution is 6.34. The van der Waals surface area contributed by atoms with Gasteiger partial charge >= 0.3 is 5.97 Å². The van der Waals surface area contributed by atoms with Crippen LogP contribution in [0.5, 0.6) is 11.5 Å². The van der Waals surface area contributed by atoms with Crippen LogP contribution in [0.25, 0.3) is 0 Å². The summed E-state index contributed by atoms with van der Waals surface area (Å²) in [6, 6.07) is 20.2. The van der Waals surface area contributed by atoms with E-state index in [1.54, 1.807) is 42.5 Å². The van der Waals surface area contributed by atoms with E-state index >= 15 is 0 Å². The molecule has 0 N–H and O–H groups in total. The van der Waals surface area contributed by atoms with E-state index in [4.69, 9.17) is 9.47 Å². The van der Waals surface area contributed by atoms with Crippen molar-refractivity contribution in [2.75, 3.05) is 11.5 Å². The van der Waals surface area contributed by atoms with Gasteiger partial charge in [-0.15, -0.1) is 0 Å². The molecule has 0 fully saturated rings. The van der Waals surface area contributed by atoms with Gasteiger partial charge < -0.3 is 9.47 Å². The number of para-hydroxylation sites is 1. The SMILES string of the molecule is Cc1ccccc1OCC(=O)Oc1ccc(N2C(=O)c3ccccc3C2=O)cc1. The molecule has 0 saturated heterocycles. The van der Waals surface area contributed by atoms with Gasteiger partial charge in [0.1, 0.15) is 11.5 Å². The van der Waals surface area contributed by atoms with Crippen LogP contribution in [0.2, 0.25) is 0 Å². The molecule has 4 rings (SSSR count). The molecule has 1 aliphatic heterocycles.